The molecule has 0 aromatic rings. The van der Waals surface area contributed by atoms with Crippen LogP contribution < -0.4 is 11.1 Å². The Morgan fingerprint density at radius 1 is 0.980 bits per heavy atom. The second kappa shape index (κ2) is 19.8. The third-order valence-corrected chi connectivity index (χ3v) is 13.6. The van der Waals surface area contributed by atoms with Crippen LogP contribution in [-0.4, -0.2) is 40.8 Å². The van der Waals surface area contributed by atoms with E-state index < -0.39 is 0 Å². The summed E-state index contributed by atoms with van der Waals surface area (Å²) in [4.78, 5) is 2.54. The van der Waals surface area contributed by atoms with E-state index in [1.54, 1.807) is 5.57 Å². The first-order valence-electron chi connectivity index (χ1n) is 20.7. The molecule has 5 aliphatic rings. The molecule has 4 N–H and O–H groups in total. The van der Waals surface area contributed by atoms with Gasteiger partial charge in [-0.1, -0.05) is 118 Å². The zero-order valence-electron chi connectivity index (χ0n) is 34.2. The van der Waals surface area contributed by atoms with Crippen molar-refractivity contribution >= 4 is 5.71 Å². The molecule has 0 aromatic heterocycles. The summed E-state index contributed by atoms with van der Waals surface area (Å²) in [7, 11) is 0. The van der Waals surface area contributed by atoms with Crippen molar-refractivity contribution in [1.29, 1.82) is 5.41 Å². The van der Waals surface area contributed by atoms with Gasteiger partial charge in [-0.3, -0.25) is 0 Å². The molecule has 1 saturated heterocycles. The molecule has 49 heavy (non-hydrogen) atoms. The van der Waals surface area contributed by atoms with Gasteiger partial charge in [-0.25, -0.2) is 0 Å². The van der Waals surface area contributed by atoms with Crippen LogP contribution in [0.25, 0.3) is 0 Å². The number of nitrogens with one attached hydrogen (secondary N) is 2. The molecule has 0 bridgehead atoms. The maximum atomic E-state index is 8.31. The second-order valence-corrected chi connectivity index (χ2v) is 17.1. The van der Waals surface area contributed by atoms with Crippen LogP contribution in [0.4, 0.5) is 0 Å². The van der Waals surface area contributed by atoms with Crippen molar-refractivity contribution in [2.24, 2.45) is 40.2 Å². The van der Waals surface area contributed by atoms with Crippen molar-refractivity contribution in [3.05, 3.63) is 49.2 Å². The zero-order valence-corrected chi connectivity index (χ0v) is 34.2. The van der Waals surface area contributed by atoms with Crippen molar-refractivity contribution in [3.8, 4) is 0 Å². The number of hydrogen-bond acceptors (Lipinski definition) is 4. The van der Waals surface area contributed by atoms with Crippen LogP contribution in [0, 0.1) is 39.9 Å². The number of nitrogens with two attached hydrogens (primary N) is 1. The molecule has 4 heteroatoms. The molecular formula is C45H82N4. The largest absolute Gasteiger partial charge is 0.371 e. The Balaban J connectivity index is 0.000000300. The minimum atomic E-state index is -0.0559. The molecule has 5 fully saturated rings. The summed E-state index contributed by atoms with van der Waals surface area (Å²) in [6, 6.07) is 1.89. The van der Waals surface area contributed by atoms with E-state index in [0.29, 0.717) is 29.8 Å². The first kappa shape index (κ1) is 43.5. The van der Waals surface area contributed by atoms with Crippen LogP contribution in [0.3, 0.4) is 0 Å². The highest BCUT2D eigenvalue weighted by molar-refractivity contribution is 5.82. The molecule has 0 amide bonds. The Labute approximate surface area is 305 Å². The molecular weight excluding hydrogens is 597 g/mol. The van der Waals surface area contributed by atoms with Crippen molar-refractivity contribution in [2.45, 2.75) is 189 Å². The average Bonchev–Trinajstić information content (AvgIpc) is 3.83. The molecule has 4 saturated carbocycles. The Kier molecular flexibility index (Phi) is 17.6. The molecule has 0 aromatic carbocycles. The lowest BCUT2D eigenvalue weighted by molar-refractivity contribution is -0.0616. The van der Waals surface area contributed by atoms with Crippen LogP contribution in [-0.2, 0) is 0 Å². The van der Waals surface area contributed by atoms with Crippen molar-refractivity contribution < 1.29 is 0 Å². The summed E-state index contributed by atoms with van der Waals surface area (Å²) in [5.74, 6) is 2.48. The van der Waals surface area contributed by atoms with E-state index in [1.807, 2.05) is 32.9 Å². The van der Waals surface area contributed by atoms with Gasteiger partial charge in [0.2, 0.25) is 0 Å². The van der Waals surface area contributed by atoms with Gasteiger partial charge in [-0.15, -0.1) is 6.58 Å². The minimum Gasteiger partial charge on any atom is -0.371 e. The number of rotatable bonds is 10. The van der Waals surface area contributed by atoms with Crippen LogP contribution in [0.2, 0.25) is 0 Å². The second-order valence-electron chi connectivity index (χ2n) is 17.1. The van der Waals surface area contributed by atoms with Crippen LogP contribution in [0.5, 0.6) is 0 Å². The lowest BCUT2D eigenvalue weighted by atomic mass is 9.44. The quantitative estimate of drug-likeness (QED) is 0.159. The summed E-state index contributed by atoms with van der Waals surface area (Å²) < 4.78 is 0. The van der Waals surface area contributed by atoms with Gasteiger partial charge in [-0.2, -0.15) is 0 Å². The maximum absolute atomic E-state index is 8.31. The predicted molar refractivity (Wildman–Crippen MR) is 218 cm³/mol. The number of nitrogens with zero attached hydrogens (tertiary/aromatic N) is 1. The van der Waals surface area contributed by atoms with Crippen molar-refractivity contribution in [2.75, 3.05) is 6.54 Å². The molecule has 8 atom stereocenters. The summed E-state index contributed by atoms with van der Waals surface area (Å²) in [6.07, 6.45) is 25.1. The average molecular weight is 679 g/mol. The molecule has 4 aliphatic carbocycles. The first-order valence-corrected chi connectivity index (χ1v) is 20.7. The van der Waals surface area contributed by atoms with Crippen LogP contribution in [0.1, 0.15) is 166 Å². The normalized spacial score (nSPS) is 35.8. The Morgan fingerprint density at radius 2 is 1.61 bits per heavy atom. The topological polar surface area (TPSA) is 65.1 Å². The van der Waals surface area contributed by atoms with Crippen LogP contribution in [0.15, 0.2) is 49.2 Å². The van der Waals surface area contributed by atoms with Gasteiger partial charge in [0, 0.05) is 47.5 Å². The van der Waals surface area contributed by atoms with Gasteiger partial charge in [0.1, 0.15) is 0 Å². The fourth-order valence-corrected chi connectivity index (χ4v) is 10.8. The summed E-state index contributed by atoms with van der Waals surface area (Å²) in [6.45, 7) is 35.2. The molecule has 1 heterocycles. The van der Waals surface area contributed by atoms with Gasteiger partial charge >= 0.3 is 0 Å². The lowest BCUT2D eigenvalue weighted by Gasteiger charge is -2.63. The Morgan fingerprint density at radius 3 is 2.10 bits per heavy atom. The fraction of sp³-hybridized carbons (Fsp3) is 0.800. The van der Waals surface area contributed by atoms with Gasteiger partial charge < -0.3 is 21.4 Å². The number of allylic oxidation sites excluding steroid dienone is 4. The highest BCUT2D eigenvalue weighted by atomic mass is 15.2. The van der Waals surface area contributed by atoms with Gasteiger partial charge in [0.25, 0.3) is 0 Å². The van der Waals surface area contributed by atoms with E-state index >= 15 is 0 Å². The highest BCUT2D eigenvalue weighted by Crippen LogP contribution is 2.67. The monoisotopic (exact) mass is 679 g/mol. The van der Waals surface area contributed by atoms with E-state index in [4.69, 9.17) is 11.1 Å². The zero-order chi connectivity index (χ0) is 37.0. The molecule has 8 unspecified atom stereocenters. The minimum absolute atomic E-state index is 0.0559. The molecule has 4 nitrogen and oxygen atoms in total. The SMILES string of the molecule is C=C/C=C1/CCC2(N)C(CCC3(C)C(C(C)=N)CCC32)C1(C)CCC.C=CC1CCC(CN(C(=C)C)C2CCCC2)N1.CC.CCC(C)C. The van der Waals surface area contributed by atoms with E-state index in [1.165, 1.54) is 89.2 Å². The smallest absolute Gasteiger partial charge is 0.0332 e. The molecule has 0 radical (unpaired) electrons. The van der Waals surface area contributed by atoms with Gasteiger partial charge in [-0.05, 0) is 113 Å². The standard InChI is InChI=1S/C23H38N2.C15H26N2.C5H12.C2H6/c1-6-8-17-11-15-23(25)19-10-9-18(16(3)24)22(19,5)14-12-20(23)21(17,4)13-7-2;1-4-13-9-10-14(16-13)11-17(12(2)3)15-7-5-6-8-15;1-4-5(2)3;1-2/h6,8,18-20,24H,1,7,9-15,25H2,2-5H3;4,13-16H,1-2,5-11H2,3H3;5H,4H2,1-3H3;1-2H3/b17-8-,24-16?;;;. The molecule has 282 valence electrons. The predicted octanol–water partition coefficient (Wildman–Crippen LogP) is 12.0. The molecule has 1 aliphatic heterocycles. The lowest BCUT2D eigenvalue weighted by Crippen LogP contribution is -2.66. The first-order chi connectivity index (χ1) is 23.2. The maximum Gasteiger partial charge on any atom is 0.0332 e. The van der Waals surface area contributed by atoms with Gasteiger partial charge in [0.05, 0.1) is 0 Å². The van der Waals surface area contributed by atoms with Crippen molar-refractivity contribution in [1.82, 2.24) is 10.2 Å². The number of hydrogen-bond donors (Lipinski definition) is 3. The van der Waals surface area contributed by atoms with Gasteiger partial charge in [0.15, 0.2) is 0 Å². The summed E-state index contributed by atoms with van der Waals surface area (Å²) >= 11 is 0. The Hall–Kier alpha value is -1.65. The van der Waals surface area contributed by atoms with E-state index in [0.717, 1.165) is 37.1 Å². The Bertz CT molecular complexity index is 1080. The summed E-state index contributed by atoms with van der Waals surface area (Å²) in [5, 5.41) is 12.0. The van der Waals surface area contributed by atoms with E-state index in [9.17, 15) is 0 Å². The fourth-order valence-electron chi connectivity index (χ4n) is 10.8. The van der Waals surface area contributed by atoms with E-state index in [-0.39, 0.29) is 16.4 Å². The highest BCUT2D eigenvalue weighted by Gasteiger charge is 2.64. The van der Waals surface area contributed by atoms with E-state index in [2.05, 4.69) is 84.5 Å². The third kappa shape index (κ3) is 10.2. The van der Waals surface area contributed by atoms with Crippen LogP contribution >= 0.6 is 0 Å². The number of fused-ring (bicyclic) bond motifs is 3. The molecule has 5 rings (SSSR count). The van der Waals surface area contributed by atoms with Crippen molar-refractivity contribution in [3.63, 3.8) is 0 Å². The molecule has 0 spiro atoms. The third-order valence-electron chi connectivity index (χ3n) is 13.6. The summed E-state index contributed by atoms with van der Waals surface area (Å²) in [5.41, 5.74) is 11.4.